The summed E-state index contributed by atoms with van der Waals surface area (Å²) in [5.41, 5.74) is 6.69. The van der Waals surface area contributed by atoms with E-state index >= 15 is 0 Å². The van der Waals surface area contributed by atoms with Gasteiger partial charge < -0.3 is 16.0 Å². The van der Waals surface area contributed by atoms with Gasteiger partial charge in [0.2, 0.25) is 0 Å². The first-order chi connectivity index (χ1) is 9.31. The van der Waals surface area contributed by atoms with E-state index in [1.807, 2.05) is 4.68 Å². The zero-order chi connectivity index (χ0) is 13.2. The SMILES string of the molecule is N#Cc1c(N2CCNCC2)nn(C2CCCC2)c1N. The lowest BCUT2D eigenvalue weighted by molar-refractivity contribution is 0.471. The molecule has 0 bridgehead atoms. The largest absolute Gasteiger partial charge is 0.383 e. The number of rotatable bonds is 2. The van der Waals surface area contributed by atoms with Crippen molar-refractivity contribution in [2.75, 3.05) is 36.8 Å². The molecule has 0 radical (unpaired) electrons. The molecule has 1 aliphatic heterocycles. The van der Waals surface area contributed by atoms with Gasteiger partial charge >= 0.3 is 0 Å². The second-order valence-corrected chi connectivity index (χ2v) is 5.32. The fourth-order valence-electron chi connectivity index (χ4n) is 3.07. The number of hydrogen-bond donors (Lipinski definition) is 2. The predicted octanol–water partition coefficient (Wildman–Crippen LogP) is 0.862. The standard InChI is InChI=1S/C13H20N6/c14-9-11-12(15)19(10-3-1-2-4-10)17-13(11)18-7-5-16-6-8-18/h10,16H,1-8,15H2. The van der Waals surface area contributed by atoms with Crippen LogP contribution in [-0.2, 0) is 0 Å². The highest BCUT2D eigenvalue weighted by atomic mass is 15.4. The lowest BCUT2D eigenvalue weighted by Crippen LogP contribution is -2.44. The Bertz CT molecular complexity index is 488. The molecule has 1 aromatic rings. The number of hydrogen-bond acceptors (Lipinski definition) is 5. The van der Waals surface area contributed by atoms with Crippen LogP contribution >= 0.6 is 0 Å². The fourth-order valence-corrected chi connectivity index (χ4v) is 3.07. The first-order valence-corrected chi connectivity index (χ1v) is 7.05. The highest BCUT2D eigenvalue weighted by molar-refractivity contribution is 5.65. The Hall–Kier alpha value is -1.74. The third kappa shape index (κ3) is 2.15. The Morgan fingerprint density at radius 3 is 2.58 bits per heavy atom. The second kappa shape index (κ2) is 5.10. The highest BCUT2D eigenvalue weighted by Crippen LogP contribution is 2.34. The monoisotopic (exact) mass is 260 g/mol. The van der Waals surface area contributed by atoms with Crippen LogP contribution in [0.5, 0.6) is 0 Å². The molecule has 0 amide bonds. The van der Waals surface area contributed by atoms with Crippen LogP contribution < -0.4 is 16.0 Å². The van der Waals surface area contributed by atoms with Crippen molar-refractivity contribution < 1.29 is 0 Å². The minimum absolute atomic E-state index is 0.378. The van der Waals surface area contributed by atoms with E-state index in [-0.39, 0.29) is 0 Å². The van der Waals surface area contributed by atoms with Gasteiger partial charge in [-0.1, -0.05) is 12.8 Å². The number of aromatic nitrogens is 2. The molecule has 0 spiro atoms. The number of anilines is 2. The minimum Gasteiger partial charge on any atom is -0.383 e. The maximum atomic E-state index is 9.36. The number of nitrogens with one attached hydrogen (secondary N) is 1. The van der Waals surface area contributed by atoms with Crippen molar-refractivity contribution in [2.45, 2.75) is 31.7 Å². The molecular weight excluding hydrogens is 240 g/mol. The van der Waals surface area contributed by atoms with E-state index in [4.69, 9.17) is 5.73 Å². The molecule has 6 heteroatoms. The quantitative estimate of drug-likeness (QED) is 0.824. The molecule has 0 unspecified atom stereocenters. The molecule has 1 saturated carbocycles. The molecule has 2 fully saturated rings. The number of nitriles is 1. The first kappa shape index (κ1) is 12.3. The third-order valence-corrected chi connectivity index (χ3v) is 4.13. The van der Waals surface area contributed by atoms with Gasteiger partial charge in [-0.25, -0.2) is 4.68 Å². The van der Waals surface area contributed by atoms with Gasteiger partial charge in [0.15, 0.2) is 5.82 Å². The van der Waals surface area contributed by atoms with Crippen molar-refractivity contribution in [3.8, 4) is 6.07 Å². The van der Waals surface area contributed by atoms with E-state index in [1.165, 1.54) is 12.8 Å². The lowest BCUT2D eigenvalue weighted by atomic mass is 10.2. The Morgan fingerprint density at radius 1 is 1.26 bits per heavy atom. The fraction of sp³-hybridized carbons (Fsp3) is 0.692. The second-order valence-electron chi connectivity index (χ2n) is 5.32. The van der Waals surface area contributed by atoms with E-state index in [1.54, 1.807) is 0 Å². The van der Waals surface area contributed by atoms with E-state index in [0.29, 0.717) is 17.4 Å². The molecule has 102 valence electrons. The molecule has 0 atom stereocenters. The van der Waals surface area contributed by atoms with Crippen LogP contribution in [0.15, 0.2) is 0 Å². The summed E-state index contributed by atoms with van der Waals surface area (Å²) in [5.74, 6) is 1.32. The summed E-state index contributed by atoms with van der Waals surface area (Å²) in [4.78, 5) is 2.16. The summed E-state index contributed by atoms with van der Waals surface area (Å²) in [6.07, 6.45) is 4.71. The van der Waals surface area contributed by atoms with Crippen LogP contribution in [0, 0.1) is 11.3 Å². The third-order valence-electron chi connectivity index (χ3n) is 4.13. The van der Waals surface area contributed by atoms with Gasteiger partial charge in [0, 0.05) is 26.2 Å². The van der Waals surface area contributed by atoms with E-state index < -0.39 is 0 Å². The molecule has 3 N–H and O–H groups in total. The Kier molecular flexibility index (Phi) is 3.30. The summed E-state index contributed by atoms with van der Waals surface area (Å²) >= 11 is 0. The van der Waals surface area contributed by atoms with Crippen LogP contribution in [-0.4, -0.2) is 36.0 Å². The topological polar surface area (TPSA) is 82.9 Å². The summed E-state index contributed by atoms with van der Waals surface area (Å²) in [5, 5.41) is 17.3. The van der Waals surface area contributed by atoms with Gasteiger partial charge in [-0.05, 0) is 12.8 Å². The van der Waals surface area contributed by atoms with Crippen LogP contribution in [0.25, 0.3) is 0 Å². The van der Waals surface area contributed by atoms with Gasteiger partial charge in [0.1, 0.15) is 17.5 Å². The van der Waals surface area contributed by atoms with Crippen molar-refractivity contribution >= 4 is 11.6 Å². The molecule has 0 aromatic carbocycles. The average molecular weight is 260 g/mol. The smallest absolute Gasteiger partial charge is 0.171 e. The highest BCUT2D eigenvalue weighted by Gasteiger charge is 2.26. The van der Waals surface area contributed by atoms with Gasteiger partial charge in [-0.3, -0.25) is 0 Å². The van der Waals surface area contributed by atoms with Crippen LogP contribution in [0.4, 0.5) is 11.6 Å². The molecule has 1 aromatic heterocycles. The summed E-state index contributed by atoms with van der Waals surface area (Å²) in [7, 11) is 0. The molecule has 1 saturated heterocycles. The van der Waals surface area contributed by atoms with Crippen LogP contribution in [0.3, 0.4) is 0 Å². The number of nitrogen functional groups attached to an aromatic ring is 1. The van der Waals surface area contributed by atoms with Gasteiger partial charge in [0.05, 0.1) is 6.04 Å². The number of piperazine rings is 1. The van der Waals surface area contributed by atoms with Crippen molar-refractivity contribution in [3.05, 3.63) is 5.56 Å². The van der Waals surface area contributed by atoms with Crippen molar-refractivity contribution in [1.82, 2.24) is 15.1 Å². The minimum atomic E-state index is 0.378. The number of nitrogens with zero attached hydrogens (tertiary/aromatic N) is 4. The molecule has 3 rings (SSSR count). The first-order valence-electron chi connectivity index (χ1n) is 7.05. The zero-order valence-electron chi connectivity index (χ0n) is 11.1. The lowest BCUT2D eigenvalue weighted by Gasteiger charge is -2.27. The van der Waals surface area contributed by atoms with Crippen LogP contribution in [0.2, 0.25) is 0 Å². The summed E-state index contributed by atoms with van der Waals surface area (Å²) < 4.78 is 1.89. The normalized spacial score (nSPS) is 20.7. The molecule has 2 heterocycles. The molecular formula is C13H20N6. The average Bonchev–Trinajstić information content (AvgIpc) is 3.07. The summed E-state index contributed by atoms with van der Waals surface area (Å²) in [6, 6.07) is 2.61. The molecule has 1 aliphatic carbocycles. The van der Waals surface area contributed by atoms with Crippen molar-refractivity contribution in [1.29, 1.82) is 5.26 Å². The predicted molar refractivity (Wildman–Crippen MR) is 73.9 cm³/mol. The Balaban J connectivity index is 1.94. The zero-order valence-corrected chi connectivity index (χ0v) is 11.1. The van der Waals surface area contributed by atoms with E-state index in [9.17, 15) is 5.26 Å². The Labute approximate surface area is 113 Å². The van der Waals surface area contributed by atoms with Gasteiger partial charge in [-0.2, -0.15) is 10.4 Å². The molecule has 19 heavy (non-hydrogen) atoms. The molecule has 2 aliphatic rings. The van der Waals surface area contributed by atoms with E-state index in [0.717, 1.165) is 44.8 Å². The summed E-state index contributed by atoms with van der Waals surface area (Å²) in [6.45, 7) is 3.63. The van der Waals surface area contributed by atoms with E-state index in [2.05, 4.69) is 21.4 Å². The van der Waals surface area contributed by atoms with Crippen LogP contribution in [0.1, 0.15) is 37.3 Å². The maximum absolute atomic E-state index is 9.36. The maximum Gasteiger partial charge on any atom is 0.171 e. The van der Waals surface area contributed by atoms with Crippen molar-refractivity contribution in [2.24, 2.45) is 0 Å². The van der Waals surface area contributed by atoms with Gasteiger partial charge in [0.25, 0.3) is 0 Å². The van der Waals surface area contributed by atoms with Gasteiger partial charge in [-0.15, -0.1) is 0 Å². The number of nitrogens with two attached hydrogens (primary N) is 1. The van der Waals surface area contributed by atoms with Crippen molar-refractivity contribution in [3.63, 3.8) is 0 Å². The Morgan fingerprint density at radius 2 is 1.95 bits per heavy atom. The molecule has 6 nitrogen and oxygen atoms in total.